The minimum Gasteiger partial charge on any atom is -0.394 e. The number of ether oxygens (including phenoxy) is 1. The van der Waals surface area contributed by atoms with Crippen LogP contribution < -0.4 is 5.73 Å². The Morgan fingerprint density at radius 2 is 1.67 bits per heavy atom. The van der Waals surface area contributed by atoms with Gasteiger partial charge >= 0.3 is 0 Å². The maximum Gasteiger partial charge on any atom is 0.135 e. The monoisotopic (exact) mass is 179 g/mol. The van der Waals surface area contributed by atoms with E-state index < -0.39 is 37.3 Å². The van der Waals surface area contributed by atoms with Crippen molar-refractivity contribution in [2.45, 2.75) is 30.6 Å². The van der Waals surface area contributed by atoms with Gasteiger partial charge in [0.2, 0.25) is 0 Å². The summed E-state index contributed by atoms with van der Waals surface area (Å²) in [5.41, 5.74) is 5.24. The smallest absolute Gasteiger partial charge is 0.135 e. The van der Waals surface area contributed by atoms with E-state index >= 15 is 0 Å². The highest BCUT2D eigenvalue weighted by atomic mass is 16.6. The summed E-state index contributed by atoms with van der Waals surface area (Å²) < 4.78 is 4.80. The summed E-state index contributed by atoms with van der Waals surface area (Å²) in [6.07, 6.45) is -5.99. The van der Waals surface area contributed by atoms with Crippen molar-refractivity contribution in [1.82, 2.24) is 0 Å². The Balaban J connectivity index is 2.63. The van der Waals surface area contributed by atoms with E-state index in [2.05, 4.69) is 0 Å². The van der Waals surface area contributed by atoms with Gasteiger partial charge < -0.3 is 30.9 Å². The molecule has 0 bridgehead atoms. The molecule has 6 nitrogen and oxygen atoms in total. The van der Waals surface area contributed by atoms with Crippen LogP contribution in [0.15, 0.2) is 0 Å². The zero-order valence-electron chi connectivity index (χ0n) is 6.37. The van der Waals surface area contributed by atoms with Crippen LogP contribution in [0.2, 0.25) is 0 Å². The minimum absolute atomic E-state index is 0.446. The van der Waals surface area contributed by atoms with Crippen LogP contribution in [0.5, 0.6) is 0 Å². The van der Waals surface area contributed by atoms with Crippen LogP contribution in [0.4, 0.5) is 0 Å². The number of aliphatic hydroxyl groups is 4. The molecule has 1 aliphatic rings. The Kier molecular flexibility index (Phi) is 2.99. The molecule has 6 N–H and O–H groups in total. The molecule has 0 aromatic heterocycles. The molecule has 1 fully saturated rings. The lowest BCUT2D eigenvalue weighted by molar-refractivity contribution is -0.227. The summed E-state index contributed by atoms with van der Waals surface area (Å²) in [7, 11) is 0. The van der Waals surface area contributed by atoms with Crippen molar-refractivity contribution in [1.29, 1.82) is 0 Å². The zero-order chi connectivity index (χ0) is 9.30. The quantitative estimate of drug-likeness (QED) is 0.288. The highest BCUT2D eigenvalue weighted by Gasteiger charge is 2.41. The molecule has 0 unspecified atom stereocenters. The van der Waals surface area contributed by atoms with Crippen LogP contribution in [-0.4, -0.2) is 57.7 Å². The van der Waals surface area contributed by atoms with E-state index in [9.17, 15) is 5.11 Å². The average molecular weight is 179 g/mol. The second-order valence-electron chi connectivity index (χ2n) is 2.79. The number of hydrogen-bond acceptors (Lipinski definition) is 6. The first-order valence-electron chi connectivity index (χ1n) is 3.64. The molecule has 0 aromatic carbocycles. The van der Waals surface area contributed by atoms with Gasteiger partial charge in [0.15, 0.2) is 0 Å². The number of aliphatic hydroxyl groups excluding tert-OH is 4. The van der Waals surface area contributed by atoms with E-state index in [1.165, 1.54) is 0 Å². The second-order valence-corrected chi connectivity index (χ2v) is 2.79. The molecule has 0 spiro atoms. The molecule has 0 aliphatic carbocycles. The second kappa shape index (κ2) is 3.65. The first kappa shape index (κ1) is 9.85. The predicted molar refractivity (Wildman–Crippen MR) is 38.0 cm³/mol. The summed E-state index contributed by atoms with van der Waals surface area (Å²) in [4.78, 5) is 0. The van der Waals surface area contributed by atoms with Gasteiger partial charge in [0.1, 0.15) is 30.6 Å². The zero-order valence-corrected chi connectivity index (χ0v) is 6.37. The molecule has 1 heterocycles. The lowest BCUT2D eigenvalue weighted by atomic mass is 9.99. The van der Waals surface area contributed by atoms with Crippen molar-refractivity contribution in [2.24, 2.45) is 5.73 Å². The summed E-state index contributed by atoms with van der Waals surface area (Å²) in [6.45, 7) is -0.446. The van der Waals surface area contributed by atoms with Crippen molar-refractivity contribution < 1.29 is 25.2 Å². The predicted octanol–water partition coefficient (Wildman–Crippen LogP) is -3.25. The van der Waals surface area contributed by atoms with Crippen molar-refractivity contribution in [3.8, 4) is 0 Å². The summed E-state index contributed by atoms with van der Waals surface area (Å²) in [5, 5.41) is 36.1. The van der Waals surface area contributed by atoms with Crippen molar-refractivity contribution >= 4 is 0 Å². The molecule has 0 radical (unpaired) electrons. The highest BCUT2D eigenvalue weighted by molar-refractivity contribution is 4.89. The number of hydrogen-bond donors (Lipinski definition) is 5. The maximum atomic E-state index is 9.18. The summed E-state index contributed by atoms with van der Waals surface area (Å²) >= 11 is 0. The molecule has 0 amide bonds. The number of nitrogens with two attached hydrogens (primary N) is 1. The van der Waals surface area contributed by atoms with Crippen LogP contribution in [0.1, 0.15) is 0 Å². The standard InChI is InChI=1S/C6H13NO5/c7-6-5(11)4(10)3(9)2(1-8)12-6/h2-6,8-11H,1,7H2/t2-,3-,4+,5+,6-/m1/s1. The molecule has 1 aliphatic heterocycles. The van der Waals surface area contributed by atoms with E-state index in [0.29, 0.717) is 0 Å². The average Bonchev–Trinajstić information content (AvgIpc) is 2.08. The first-order chi connectivity index (χ1) is 5.57. The Hall–Kier alpha value is -0.240. The molecule has 72 valence electrons. The molecule has 5 atom stereocenters. The van der Waals surface area contributed by atoms with E-state index in [-0.39, 0.29) is 0 Å². The van der Waals surface area contributed by atoms with Gasteiger partial charge in [-0.15, -0.1) is 0 Å². The normalized spacial score (nSPS) is 49.2. The molecule has 1 saturated heterocycles. The van der Waals surface area contributed by atoms with Gasteiger partial charge in [-0.3, -0.25) is 0 Å². The van der Waals surface area contributed by atoms with E-state index in [1.54, 1.807) is 0 Å². The van der Waals surface area contributed by atoms with Crippen molar-refractivity contribution in [3.05, 3.63) is 0 Å². The molecule has 0 aromatic rings. The fourth-order valence-electron chi connectivity index (χ4n) is 1.13. The SMILES string of the molecule is N[C@@H]1O[C@H](CO)[C@@H](O)[C@H](O)[C@@H]1O. The van der Waals surface area contributed by atoms with Gasteiger partial charge in [-0.1, -0.05) is 0 Å². The third-order valence-electron chi connectivity index (χ3n) is 1.93. The highest BCUT2D eigenvalue weighted by Crippen LogP contribution is 2.17. The lowest BCUT2D eigenvalue weighted by Crippen LogP contribution is -2.61. The molecule has 1 rings (SSSR count). The minimum atomic E-state index is -1.37. The maximum absolute atomic E-state index is 9.18. The van der Waals surface area contributed by atoms with Crippen molar-refractivity contribution in [2.75, 3.05) is 6.61 Å². The Labute approximate surface area is 69.2 Å². The van der Waals surface area contributed by atoms with E-state index in [1.807, 2.05) is 0 Å². The summed E-state index contributed by atoms with van der Waals surface area (Å²) in [6, 6.07) is 0. The molecular weight excluding hydrogens is 166 g/mol. The van der Waals surface area contributed by atoms with Crippen LogP contribution in [0.25, 0.3) is 0 Å². The van der Waals surface area contributed by atoms with Gasteiger partial charge in [0, 0.05) is 0 Å². The fourth-order valence-corrected chi connectivity index (χ4v) is 1.13. The van der Waals surface area contributed by atoms with Gasteiger partial charge in [-0.25, -0.2) is 0 Å². The van der Waals surface area contributed by atoms with Crippen LogP contribution in [0, 0.1) is 0 Å². The van der Waals surface area contributed by atoms with Crippen molar-refractivity contribution in [3.63, 3.8) is 0 Å². The molecule has 0 saturated carbocycles. The first-order valence-corrected chi connectivity index (χ1v) is 3.64. The Bertz CT molecular complexity index is 150. The van der Waals surface area contributed by atoms with Gasteiger partial charge in [-0.2, -0.15) is 0 Å². The molecule has 6 heteroatoms. The molecular formula is C6H13NO5. The van der Waals surface area contributed by atoms with Gasteiger partial charge in [0.25, 0.3) is 0 Å². The molecule has 12 heavy (non-hydrogen) atoms. The van der Waals surface area contributed by atoms with Gasteiger partial charge in [0.05, 0.1) is 6.61 Å². The third-order valence-corrected chi connectivity index (χ3v) is 1.93. The lowest BCUT2D eigenvalue weighted by Gasteiger charge is -2.38. The largest absolute Gasteiger partial charge is 0.394 e. The summed E-state index contributed by atoms with van der Waals surface area (Å²) in [5.74, 6) is 0. The Morgan fingerprint density at radius 3 is 2.17 bits per heavy atom. The van der Waals surface area contributed by atoms with Crippen LogP contribution in [-0.2, 0) is 4.74 Å². The number of rotatable bonds is 1. The van der Waals surface area contributed by atoms with Crippen LogP contribution in [0.3, 0.4) is 0 Å². The topological polar surface area (TPSA) is 116 Å². The Morgan fingerprint density at radius 1 is 1.08 bits per heavy atom. The van der Waals surface area contributed by atoms with E-state index in [4.69, 9.17) is 25.8 Å². The van der Waals surface area contributed by atoms with Crippen LogP contribution >= 0.6 is 0 Å². The fraction of sp³-hybridized carbons (Fsp3) is 1.00. The third kappa shape index (κ3) is 1.58. The van der Waals surface area contributed by atoms with E-state index in [0.717, 1.165) is 0 Å². The van der Waals surface area contributed by atoms with Gasteiger partial charge in [-0.05, 0) is 0 Å².